The van der Waals surface area contributed by atoms with E-state index in [2.05, 4.69) is 10.2 Å². The summed E-state index contributed by atoms with van der Waals surface area (Å²) in [4.78, 5) is 0. The van der Waals surface area contributed by atoms with Crippen LogP contribution in [0, 0.1) is 17.6 Å². The zero-order valence-electron chi connectivity index (χ0n) is 10.6. The van der Waals surface area contributed by atoms with E-state index in [1.54, 1.807) is 0 Å². The van der Waals surface area contributed by atoms with Crippen LogP contribution in [-0.2, 0) is 0 Å². The van der Waals surface area contributed by atoms with Crippen LogP contribution >= 0.6 is 0 Å². The number of hydrogen-bond donors (Lipinski definition) is 0. The fourth-order valence-electron chi connectivity index (χ4n) is 1.74. The summed E-state index contributed by atoms with van der Waals surface area (Å²) in [6.45, 7) is 6.02. The molecule has 2 rings (SSSR count). The van der Waals surface area contributed by atoms with Crippen molar-refractivity contribution in [3.05, 3.63) is 42.0 Å². The topological polar surface area (TPSA) is 30.7 Å². The second-order valence-corrected chi connectivity index (χ2v) is 4.66. The van der Waals surface area contributed by atoms with E-state index in [9.17, 15) is 8.78 Å². The number of nitrogens with zero attached hydrogens (tertiary/aromatic N) is 3. The molecule has 3 nitrogen and oxygen atoms in total. The van der Waals surface area contributed by atoms with Crippen molar-refractivity contribution in [3.63, 3.8) is 0 Å². The summed E-state index contributed by atoms with van der Waals surface area (Å²) in [5.41, 5.74) is -0.120. The van der Waals surface area contributed by atoms with Gasteiger partial charge in [0.15, 0.2) is 0 Å². The Morgan fingerprint density at radius 2 is 1.72 bits per heavy atom. The minimum Gasteiger partial charge on any atom is -0.280 e. The molecule has 0 saturated heterocycles. The van der Waals surface area contributed by atoms with Crippen molar-refractivity contribution in [2.75, 3.05) is 0 Å². The Labute approximate surface area is 104 Å². The van der Waals surface area contributed by atoms with Crippen LogP contribution in [0.2, 0.25) is 0 Å². The van der Waals surface area contributed by atoms with E-state index in [0.717, 1.165) is 0 Å². The van der Waals surface area contributed by atoms with Gasteiger partial charge in [0.2, 0.25) is 0 Å². The van der Waals surface area contributed by atoms with Gasteiger partial charge in [0.05, 0.1) is 0 Å². The van der Waals surface area contributed by atoms with E-state index in [1.807, 2.05) is 20.8 Å². The molecule has 0 spiro atoms. The van der Waals surface area contributed by atoms with Crippen LogP contribution in [0.4, 0.5) is 8.78 Å². The van der Waals surface area contributed by atoms with Crippen LogP contribution in [-0.4, -0.2) is 14.8 Å². The van der Waals surface area contributed by atoms with Crippen molar-refractivity contribution in [1.82, 2.24) is 14.8 Å². The lowest BCUT2D eigenvalue weighted by Crippen LogP contribution is -2.12. The van der Waals surface area contributed by atoms with Crippen molar-refractivity contribution in [2.45, 2.75) is 26.7 Å². The normalized spacial score (nSPS) is 13.0. The molecule has 5 heteroatoms. The minimum absolute atomic E-state index is 0.0616. The average molecular weight is 251 g/mol. The van der Waals surface area contributed by atoms with Gasteiger partial charge in [-0.3, -0.25) is 4.57 Å². The van der Waals surface area contributed by atoms with E-state index in [4.69, 9.17) is 0 Å². The predicted octanol–water partition coefficient (Wildman–Crippen LogP) is 3.31. The Bertz CT molecular complexity index is 529. The third kappa shape index (κ3) is 2.12. The molecule has 0 bridgehead atoms. The van der Waals surface area contributed by atoms with Crippen LogP contribution in [0.3, 0.4) is 0 Å². The monoisotopic (exact) mass is 251 g/mol. The second-order valence-electron chi connectivity index (χ2n) is 4.66. The SMILES string of the molecule is CC(C)C(C)c1nncn1-c1c(F)cccc1F. The first kappa shape index (κ1) is 12.7. The number of halogens is 2. The molecule has 0 aliphatic rings. The predicted molar refractivity (Wildman–Crippen MR) is 64.5 cm³/mol. The van der Waals surface area contributed by atoms with Gasteiger partial charge in [-0.15, -0.1) is 10.2 Å². The summed E-state index contributed by atoms with van der Waals surface area (Å²) in [5, 5.41) is 7.74. The number of aromatic nitrogens is 3. The van der Waals surface area contributed by atoms with Crippen LogP contribution < -0.4 is 0 Å². The molecule has 0 saturated carbocycles. The standard InChI is InChI=1S/C13H15F2N3/c1-8(2)9(3)13-17-16-7-18(13)12-10(14)5-4-6-11(12)15/h4-9H,1-3H3. The maximum absolute atomic E-state index is 13.7. The Kier molecular flexibility index (Phi) is 3.41. The number of hydrogen-bond acceptors (Lipinski definition) is 2. The molecule has 0 N–H and O–H groups in total. The third-order valence-corrected chi connectivity index (χ3v) is 3.16. The number of rotatable bonds is 3. The van der Waals surface area contributed by atoms with E-state index in [1.165, 1.54) is 29.1 Å². The van der Waals surface area contributed by atoms with E-state index >= 15 is 0 Å². The van der Waals surface area contributed by atoms with Gasteiger partial charge in [0.1, 0.15) is 29.5 Å². The highest BCUT2D eigenvalue weighted by atomic mass is 19.1. The lowest BCUT2D eigenvalue weighted by Gasteiger charge is -2.16. The quantitative estimate of drug-likeness (QED) is 0.838. The lowest BCUT2D eigenvalue weighted by atomic mass is 9.97. The first-order chi connectivity index (χ1) is 8.52. The van der Waals surface area contributed by atoms with E-state index < -0.39 is 11.6 Å². The molecule has 1 heterocycles. The molecule has 96 valence electrons. The summed E-state index contributed by atoms with van der Waals surface area (Å²) in [6, 6.07) is 3.79. The molecule has 0 fully saturated rings. The van der Waals surface area contributed by atoms with Gasteiger partial charge in [-0.25, -0.2) is 8.78 Å². The van der Waals surface area contributed by atoms with Gasteiger partial charge >= 0.3 is 0 Å². The van der Waals surface area contributed by atoms with Crippen LogP contribution in [0.5, 0.6) is 0 Å². The van der Waals surface area contributed by atoms with Crippen LogP contribution in [0.25, 0.3) is 5.69 Å². The van der Waals surface area contributed by atoms with Gasteiger partial charge < -0.3 is 0 Å². The fraction of sp³-hybridized carbons (Fsp3) is 0.385. The highest BCUT2D eigenvalue weighted by Gasteiger charge is 2.21. The smallest absolute Gasteiger partial charge is 0.150 e. The third-order valence-electron chi connectivity index (χ3n) is 3.16. The second kappa shape index (κ2) is 4.84. The van der Waals surface area contributed by atoms with E-state index in [-0.39, 0.29) is 11.6 Å². The number of benzene rings is 1. The van der Waals surface area contributed by atoms with Gasteiger partial charge in [0.25, 0.3) is 0 Å². The molecule has 0 radical (unpaired) electrons. The summed E-state index contributed by atoms with van der Waals surface area (Å²) < 4.78 is 28.9. The van der Waals surface area contributed by atoms with Crippen molar-refractivity contribution >= 4 is 0 Å². The summed E-state index contributed by atoms with van der Waals surface area (Å²) in [7, 11) is 0. The molecule has 0 aliphatic carbocycles. The Hall–Kier alpha value is -1.78. The molecule has 1 aromatic heterocycles. The molecule has 1 unspecified atom stereocenters. The van der Waals surface area contributed by atoms with Gasteiger partial charge in [0, 0.05) is 5.92 Å². The van der Waals surface area contributed by atoms with Gasteiger partial charge in [-0.1, -0.05) is 26.8 Å². The van der Waals surface area contributed by atoms with Crippen molar-refractivity contribution < 1.29 is 8.78 Å². The first-order valence-corrected chi connectivity index (χ1v) is 5.86. The minimum atomic E-state index is -0.619. The molecule has 18 heavy (non-hydrogen) atoms. The van der Waals surface area contributed by atoms with Gasteiger partial charge in [-0.05, 0) is 18.1 Å². The molecule has 1 aromatic carbocycles. The molecular weight excluding hydrogens is 236 g/mol. The summed E-state index contributed by atoms with van der Waals surface area (Å²) >= 11 is 0. The highest BCUT2D eigenvalue weighted by Crippen LogP contribution is 2.26. The zero-order valence-corrected chi connectivity index (χ0v) is 10.6. The maximum Gasteiger partial charge on any atom is 0.150 e. The zero-order chi connectivity index (χ0) is 13.3. The Morgan fingerprint density at radius 3 is 2.28 bits per heavy atom. The average Bonchev–Trinajstić information content (AvgIpc) is 2.76. The van der Waals surface area contributed by atoms with Crippen molar-refractivity contribution in [1.29, 1.82) is 0 Å². The molecule has 0 amide bonds. The summed E-state index contributed by atoms with van der Waals surface area (Å²) in [5.74, 6) is -0.303. The highest BCUT2D eigenvalue weighted by molar-refractivity contribution is 5.36. The van der Waals surface area contributed by atoms with Crippen molar-refractivity contribution in [3.8, 4) is 5.69 Å². The van der Waals surface area contributed by atoms with Crippen LogP contribution in [0.15, 0.2) is 24.5 Å². The first-order valence-electron chi connectivity index (χ1n) is 5.86. The maximum atomic E-state index is 13.7. The van der Waals surface area contributed by atoms with Crippen LogP contribution in [0.1, 0.15) is 32.5 Å². The molecule has 1 atom stereocenters. The Morgan fingerprint density at radius 1 is 1.11 bits per heavy atom. The largest absolute Gasteiger partial charge is 0.280 e. The van der Waals surface area contributed by atoms with Crippen molar-refractivity contribution in [2.24, 2.45) is 5.92 Å². The van der Waals surface area contributed by atoms with Gasteiger partial charge in [-0.2, -0.15) is 0 Å². The number of para-hydroxylation sites is 1. The summed E-state index contributed by atoms with van der Waals surface area (Å²) in [6.07, 6.45) is 1.34. The molecular formula is C13H15F2N3. The fourth-order valence-corrected chi connectivity index (χ4v) is 1.74. The van der Waals surface area contributed by atoms with E-state index in [0.29, 0.717) is 11.7 Å². The Balaban J connectivity index is 2.56. The lowest BCUT2D eigenvalue weighted by molar-refractivity contribution is 0.494. The molecule has 2 aromatic rings. The molecule has 0 aliphatic heterocycles.